The first kappa shape index (κ1) is 13.8. The molecule has 1 aromatic heterocycles. The summed E-state index contributed by atoms with van der Waals surface area (Å²) >= 11 is 5.99. The molecule has 102 valence electrons. The molecule has 0 spiro atoms. The van der Waals surface area contributed by atoms with E-state index in [2.05, 4.69) is 10.5 Å². The number of hydrazine groups is 1. The smallest absolute Gasteiger partial charge is 0.161 e. The maximum Gasteiger partial charge on any atom is 0.161 e. The fourth-order valence-corrected chi connectivity index (χ4v) is 2.21. The van der Waals surface area contributed by atoms with E-state index in [1.165, 1.54) is 13.2 Å². The van der Waals surface area contributed by atoms with Gasteiger partial charge in [-0.2, -0.15) is 5.10 Å². The molecule has 1 atom stereocenters. The van der Waals surface area contributed by atoms with Gasteiger partial charge in [0.1, 0.15) is 11.5 Å². The summed E-state index contributed by atoms with van der Waals surface area (Å²) in [6, 6.07) is 4.04. The van der Waals surface area contributed by atoms with E-state index in [-0.39, 0.29) is 5.02 Å². The number of benzene rings is 1. The maximum absolute atomic E-state index is 13.5. The van der Waals surface area contributed by atoms with Crippen molar-refractivity contribution in [1.82, 2.24) is 15.2 Å². The molecule has 1 heterocycles. The summed E-state index contributed by atoms with van der Waals surface area (Å²) in [6.07, 6.45) is 1.56. The normalized spacial score (nSPS) is 12.5. The number of aromatic nitrogens is 2. The number of rotatable bonds is 4. The Kier molecular flexibility index (Phi) is 4.04. The third-order valence-corrected chi connectivity index (χ3v) is 3.30. The number of hydrogen-bond acceptors (Lipinski definition) is 4. The minimum absolute atomic E-state index is 0.0219. The number of aryl methyl sites for hydroxylation is 1. The van der Waals surface area contributed by atoms with Crippen molar-refractivity contribution >= 4 is 11.6 Å². The van der Waals surface area contributed by atoms with E-state index in [0.717, 1.165) is 0 Å². The molecule has 1 unspecified atom stereocenters. The van der Waals surface area contributed by atoms with Gasteiger partial charge < -0.3 is 4.74 Å². The van der Waals surface area contributed by atoms with Gasteiger partial charge >= 0.3 is 0 Å². The van der Waals surface area contributed by atoms with Crippen molar-refractivity contribution in [3.8, 4) is 5.75 Å². The van der Waals surface area contributed by atoms with Gasteiger partial charge in [0.2, 0.25) is 0 Å². The van der Waals surface area contributed by atoms with E-state index < -0.39 is 11.9 Å². The van der Waals surface area contributed by atoms with Gasteiger partial charge in [-0.05, 0) is 11.6 Å². The number of halogens is 2. The lowest BCUT2D eigenvalue weighted by molar-refractivity contribution is 0.401. The first-order valence-corrected chi connectivity index (χ1v) is 5.93. The first-order chi connectivity index (χ1) is 9.10. The molecule has 3 N–H and O–H groups in total. The number of ether oxygens (including phenoxy) is 1. The monoisotopic (exact) mass is 284 g/mol. The third-order valence-electron chi connectivity index (χ3n) is 2.90. The van der Waals surface area contributed by atoms with Gasteiger partial charge in [0, 0.05) is 7.05 Å². The maximum atomic E-state index is 13.5. The highest BCUT2D eigenvalue weighted by atomic mass is 35.5. The number of nitrogens with zero attached hydrogens (tertiary/aromatic N) is 2. The average Bonchev–Trinajstić information content (AvgIpc) is 2.77. The minimum atomic E-state index is -0.523. The van der Waals surface area contributed by atoms with Gasteiger partial charge in [-0.1, -0.05) is 23.7 Å². The summed E-state index contributed by atoms with van der Waals surface area (Å²) in [4.78, 5) is 0. The SMILES string of the molecule is COc1cnn(C)c1C(NN)c1cccc(F)c1Cl. The zero-order valence-electron chi connectivity index (χ0n) is 10.5. The van der Waals surface area contributed by atoms with Gasteiger partial charge in [0.15, 0.2) is 5.75 Å². The molecule has 0 saturated carbocycles. The molecule has 0 aliphatic carbocycles. The quantitative estimate of drug-likeness (QED) is 0.663. The molecule has 19 heavy (non-hydrogen) atoms. The van der Waals surface area contributed by atoms with Gasteiger partial charge in [0.05, 0.1) is 24.4 Å². The van der Waals surface area contributed by atoms with Crippen LogP contribution in [0.1, 0.15) is 17.3 Å². The Morgan fingerprint density at radius 2 is 2.26 bits per heavy atom. The molecule has 0 amide bonds. The van der Waals surface area contributed by atoms with Gasteiger partial charge in [0.25, 0.3) is 0 Å². The van der Waals surface area contributed by atoms with Crippen LogP contribution in [-0.4, -0.2) is 16.9 Å². The van der Waals surface area contributed by atoms with Gasteiger partial charge in [-0.3, -0.25) is 10.5 Å². The van der Waals surface area contributed by atoms with Crippen molar-refractivity contribution < 1.29 is 9.13 Å². The number of nitrogens with one attached hydrogen (secondary N) is 1. The fourth-order valence-electron chi connectivity index (χ4n) is 1.97. The van der Waals surface area contributed by atoms with Crippen molar-refractivity contribution in [2.24, 2.45) is 12.9 Å². The molecular formula is C12H14ClFN4O. The molecule has 0 aliphatic heterocycles. The van der Waals surface area contributed by atoms with Crippen molar-refractivity contribution in [3.05, 3.63) is 46.5 Å². The van der Waals surface area contributed by atoms with Crippen LogP contribution in [0.25, 0.3) is 0 Å². The molecule has 0 bridgehead atoms. The van der Waals surface area contributed by atoms with Crippen LogP contribution >= 0.6 is 11.6 Å². The highest BCUT2D eigenvalue weighted by Gasteiger charge is 2.24. The van der Waals surface area contributed by atoms with E-state index >= 15 is 0 Å². The second-order valence-corrected chi connectivity index (χ2v) is 4.34. The standard InChI is InChI=1S/C12H14ClFN4O/c1-18-12(9(19-2)6-16-18)11(17-15)7-4-3-5-8(14)10(7)13/h3-6,11,17H,15H2,1-2H3. The lowest BCUT2D eigenvalue weighted by Crippen LogP contribution is -2.31. The second kappa shape index (κ2) is 5.56. The van der Waals surface area contributed by atoms with Crippen LogP contribution in [0.4, 0.5) is 4.39 Å². The molecular weight excluding hydrogens is 271 g/mol. The van der Waals surface area contributed by atoms with E-state index in [0.29, 0.717) is 17.0 Å². The predicted octanol–water partition coefficient (Wildman–Crippen LogP) is 1.77. The molecule has 2 aromatic rings. The topological polar surface area (TPSA) is 65.1 Å². The first-order valence-electron chi connectivity index (χ1n) is 5.56. The van der Waals surface area contributed by atoms with Crippen molar-refractivity contribution in [2.45, 2.75) is 6.04 Å². The van der Waals surface area contributed by atoms with E-state index in [1.54, 1.807) is 30.1 Å². The Bertz CT molecular complexity index is 587. The van der Waals surface area contributed by atoms with Gasteiger partial charge in [-0.15, -0.1) is 0 Å². The number of hydrogen-bond donors (Lipinski definition) is 2. The fraction of sp³-hybridized carbons (Fsp3) is 0.250. The number of methoxy groups -OCH3 is 1. The molecule has 0 fully saturated rings. The zero-order valence-corrected chi connectivity index (χ0v) is 11.3. The van der Waals surface area contributed by atoms with Crippen LogP contribution in [0.3, 0.4) is 0 Å². The summed E-state index contributed by atoms with van der Waals surface area (Å²) in [7, 11) is 3.27. The number of nitrogens with two attached hydrogens (primary N) is 1. The van der Waals surface area contributed by atoms with E-state index in [4.69, 9.17) is 22.2 Å². The largest absolute Gasteiger partial charge is 0.493 e. The highest BCUT2D eigenvalue weighted by molar-refractivity contribution is 6.31. The van der Waals surface area contributed by atoms with Crippen LogP contribution in [-0.2, 0) is 7.05 Å². The van der Waals surface area contributed by atoms with Crippen LogP contribution in [0.5, 0.6) is 5.75 Å². The third kappa shape index (κ3) is 2.42. The average molecular weight is 285 g/mol. The van der Waals surface area contributed by atoms with E-state index in [9.17, 15) is 4.39 Å². The zero-order chi connectivity index (χ0) is 14.0. The molecule has 2 rings (SSSR count). The Morgan fingerprint density at radius 1 is 1.53 bits per heavy atom. The van der Waals surface area contributed by atoms with E-state index in [1.807, 2.05) is 0 Å². The molecule has 0 radical (unpaired) electrons. The lowest BCUT2D eigenvalue weighted by atomic mass is 10.0. The molecule has 5 nitrogen and oxygen atoms in total. The van der Waals surface area contributed by atoms with Crippen LogP contribution in [0, 0.1) is 5.82 Å². The van der Waals surface area contributed by atoms with Crippen LogP contribution in [0.2, 0.25) is 5.02 Å². The van der Waals surface area contributed by atoms with Crippen molar-refractivity contribution in [1.29, 1.82) is 0 Å². The van der Waals surface area contributed by atoms with Crippen LogP contribution in [0.15, 0.2) is 24.4 Å². The van der Waals surface area contributed by atoms with Crippen LogP contribution < -0.4 is 16.0 Å². The summed E-state index contributed by atoms with van der Waals surface area (Å²) in [6.45, 7) is 0. The molecule has 0 aliphatic rings. The minimum Gasteiger partial charge on any atom is -0.493 e. The summed E-state index contributed by atoms with van der Waals surface area (Å²) in [5.41, 5.74) is 3.80. The van der Waals surface area contributed by atoms with Crippen molar-refractivity contribution in [2.75, 3.05) is 7.11 Å². The second-order valence-electron chi connectivity index (χ2n) is 3.96. The molecule has 7 heteroatoms. The van der Waals surface area contributed by atoms with Crippen molar-refractivity contribution in [3.63, 3.8) is 0 Å². The summed E-state index contributed by atoms with van der Waals surface area (Å²) < 4.78 is 20.4. The summed E-state index contributed by atoms with van der Waals surface area (Å²) in [5.74, 6) is 5.63. The Balaban J connectivity index is 2.56. The predicted molar refractivity (Wildman–Crippen MR) is 70.3 cm³/mol. The Hall–Kier alpha value is -1.63. The highest BCUT2D eigenvalue weighted by Crippen LogP contribution is 2.33. The Labute approximate surface area is 115 Å². The lowest BCUT2D eigenvalue weighted by Gasteiger charge is -2.19. The molecule has 0 saturated heterocycles. The molecule has 1 aromatic carbocycles. The van der Waals surface area contributed by atoms with Gasteiger partial charge in [-0.25, -0.2) is 9.82 Å². The Morgan fingerprint density at radius 3 is 2.89 bits per heavy atom. The summed E-state index contributed by atoms with van der Waals surface area (Å²) in [5, 5.41) is 4.12.